The number of aryl methyl sites for hydroxylation is 2. The SMILES string of the molecule is CC(=O)O[C@@]12CCc3cc(c(O)c4c3[C@@H]3C=C[C@]5(CCC[C@H]5C3)O4)CN3C[C@]4(CC3=O)[C@@H](CC[C@@H]4c3ccccc3)CN=C(N)N[C@]3(CCCC34CCCC4)SSC[C@H](CCc3ccccc3)CCC[C@@H](CC1)[C@H](O)C2. The molecule has 12 heteroatoms. The Bertz CT molecular complexity index is 2660. The quantitative estimate of drug-likeness (QED) is 0.111. The Morgan fingerprint density at radius 2 is 1.70 bits per heavy atom. The highest BCUT2D eigenvalue weighted by atomic mass is 33.1. The van der Waals surface area contributed by atoms with E-state index in [1.165, 1.54) is 56.6 Å². The summed E-state index contributed by atoms with van der Waals surface area (Å²) in [6.07, 6.45) is 27.2. The fraction of sp³-hybridized carbons (Fsp3) is 0.641. The monoisotopic (exact) mass is 1070 g/mol. The minimum Gasteiger partial charge on any atom is -0.504 e. The number of nitrogens with one attached hydrogen (secondary N) is 1. The molecule has 76 heavy (non-hydrogen) atoms. The number of hydrogen-bond acceptors (Lipinski definition) is 11. The number of aliphatic imine (C=N–C) groups is 1. The number of aliphatic hydroxyl groups excluding tert-OH is 1. The zero-order valence-electron chi connectivity index (χ0n) is 45.2. The van der Waals surface area contributed by atoms with Crippen molar-refractivity contribution in [3.63, 3.8) is 0 Å². The van der Waals surface area contributed by atoms with Gasteiger partial charge in [0.25, 0.3) is 0 Å². The molecular weight excluding hydrogens is 985 g/mol. The molecule has 6 aliphatic carbocycles. The van der Waals surface area contributed by atoms with E-state index in [9.17, 15) is 19.8 Å². The first kappa shape index (κ1) is 52.6. The number of benzene rings is 3. The topological polar surface area (TPSA) is 147 Å². The highest BCUT2D eigenvalue weighted by Gasteiger charge is 2.59. The van der Waals surface area contributed by atoms with Gasteiger partial charge in [-0.05, 0) is 174 Å². The fourth-order valence-corrected chi connectivity index (χ4v) is 21.4. The Labute approximate surface area is 460 Å². The zero-order valence-corrected chi connectivity index (χ0v) is 46.8. The second-order valence-electron chi connectivity index (χ2n) is 25.6. The lowest BCUT2D eigenvalue weighted by Gasteiger charge is -2.44. The first-order valence-corrected chi connectivity index (χ1v) is 32.1. The summed E-state index contributed by atoms with van der Waals surface area (Å²) in [6, 6.07) is 23.9. The molecule has 5 aliphatic heterocycles. The third kappa shape index (κ3) is 9.91. The molecule has 1 amide bonds. The molecule has 6 fully saturated rings. The average molecular weight is 1070 g/mol. The number of fused-ring (bicyclic) bond motifs is 11. The number of nitrogens with two attached hydrogens (primary N) is 1. The van der Waals surface area contributed by atoms with E-state index in [-0.39, 0.29) is 63.5 Å². The number of aromatic hydroxyl groups is 1. The van der Waals surface area contributed by atoms with E-state index >= 15 is 0 Å². The van der Waals surface area contributed by atoms with Crippen molar-refractivity contribution in [2.75, 3.05) is 18.8 Å². The van der Waals surface area contributed by atoms with Gasteiger partial charge in [-0.25, -0.2) is 0 Å². The molecule has 5 N–H and O–H groups in total. The number of guanidine groups is 1. The van der Waals surface area contributed by atoms with Gasteiger partial charge in [0.2, 0.25) is 5.91 Å². The van der Waals surface area contributed by atoms with Crippen molar-refractivity contribution in [1.29, 1.82) is 0 Å². The van der Waals surface area contributed by atoms with Gasteiger partial charge in [-0.3, -0.25) is 14.6 Å². The smallest absolute Gasteiger partial charge is 0.303 e. The molecule has 11 aliphatic rings. The van der Waals surface area contributed by atoms with Crippen LogP contribution in [0, 0.1) is 34.5 Å². The van der Waals surface area contributed by atoms with E-state index in [4.69, 9.17) is 20.2 Å². The number of phenols is 1. The van der Waals surface area contributed by atoms with Crippen molar-refractivity contribution in [3.05, 3.63) is 107 Å². The molecule has 11 atom stereocenters. The summed E-state index contributed by atoms with van der Waals surface area (Å²) >= 11 is 0. The van der Waals surface area contributed by atoms with Crippen molar-refractivity contribution >= 4 is 39.4 Å². The second-order valence-corrected chi connectivity index (χ2v) is 28.2. The summed E-state index contributed by atoms with van der Waals surface area (Å²) in [7, 11) is 4.10. The van der Waals surface area contributed by atoms with Crippen molar-refractivity contribution < 1.29 is 29.3 Å². The molecule has 3 aromatic carbocycles. The number of carbonyl (C=O) groups is 2. The summed E-state index contributed by atoms with van der Waals surface area (Å²) in [5, 5.41) is 28.8. The van der Waals surface area contributed by atoms with Crippen LogP contribution in [0.2, 0.25) is 0 Å². The lowest BCUT2D eigenvalue weighted by Crippen LogP contribution is -2.55. The number of phenolic OH excluding ortho intramolecular Hbond substituents is 1. The van der Waals surface area contributed by atoms with Crippen LogP contribution in [0.3, 0.4) is 0 Å². The third-order valence-electron chi connectivity index (χ3n) is 21.4. The van der Waals surface area contributed by atoms with E-state index in [0.29, 0.717) is 74.3 Å². The lowest BCUT2D eigenvalue weighted by molar-refractivity contribution is -0.168. The minimum atomic E-state index is -0.813. The molecular formula is C64H84N4O6S2. The van der Waals surface area contributed by atoms with Crippen molar-refractivity contribution in [2.24, 2.45) is 45.2 Å². The number of rotatable bonds is 5. The third-order valence-corrected chi connectivity index (χ3v) is 24.7. The van der Waals surface area contributed by atoms with Crippen molar-refractivity contribution in [3.8, 4) is 11.5 Å². The second kappa shape index (κ2) is 21.5. The molecule has 0 aromatic heterocycles. The minimum absolute atomic E-state index is 0.0841. The van der Waals surface area contributed by atoms with E-state index in [1.807, 2.05) is 15.7 Å². The summed E-state index contributed by atoms with van der Waals surface area (Å²) in [6.45, 7) is 2.91. The number of ether oxygens (including phenoxy) is 2. The van der Waals surface area contributed by atoms with Crippen LogP contribution in [0.1, 0.15) is 188 Å². The van der Waals surface area contributed by atoms with Crippen LogP contribution >= 0.6 is 21.6 Å². The van der Waals surface area contributed by atoms with Crippen LogP contribution in [0.4, 0.5) is 0 Å². The summed E-state index contributed by atoms with van der Waals surface area (Å²) in [4.78, 5) is 35.1. The van der Waals surface area contributed by atoms with Gasteiger partial charge in [-0.15, -0.1) is 0 Å². The molecule has 0 radical (unpaired) electrons. The first-order chi connectivity index (χ1) is 36.9. The van der Waals surface area contributed by atoms with Crippen LogP contribution in [0.5, 0.6) is 11.5 Å². The molecule has 4 spiro atoms. The molecule has 5 saturated carbocycles. The van der Waals surface area contributed by atoms with E-state index in [0.717, 1.165) is 100 Å². The van der Waals surface area contributed by atoms with Crippen molar-refractivity contribution in [2.45, 2.75) is 202 Å². The molecule has 5 heterocycles. The lowest BCUT2D eigenvalue weighted by atomic mass is 9.68. The van der Waals surface area contributed by atoms with Gasteiger partial charge in [-0.2, -0.15) is 0 Å². The number of allylic oxidation sites excluding steroid dienone is 1. The van der Waals surface area contributed by atoms with Gasteiger partial charge in [0, 0.05) is 78.9 Å². The molecule has 10 nitrogen and oxygen atoms in total. The molecule has 3 aromatic rings. The van der Waals surface area contributed by atoms with Crippen LogP contribution in [0.15, 0.2) is 83.9 Å². The molecule has 408 valence electrons. The number of esters is 1. The largest absolute Gasteiger partial charge is 0.504 e. The Morgan fingerprint density at radius 3 is 2.50 bits per heavy atom. The maximum atomic E-state index is 14.9. The van der Waals surface area contributed by atoms with E-state index in [1.54, 1.807) is 0 Å². The number of amides is 1. The summed E-state index contributed by atoms with van der Waals surface area (Å²) < 4.78 is 13.6. The van der Waals surface area contributed by atoms with Crippen LogP contribution in [-0.2, 0) is 33.7 Å². The van der Waals surface area contributed by atoms with Crippen LogP contribution in [0.25, 0.3) is 0 Å². The first-order valence-electron chi connectivity index (χ1n) is 29.8. The highest BCUT2D eigenvalue weighted by Crippen LogP contribution is 2.64. The zero-order chi connectivity index (χ0) is 52.1. The van der Waals surface area contributed by atoms with Gasteiger partial charge in [-0.1, -0.05) is 108 Å². The van der Waals surface area contributed by atoms with Gasteiger partial charge >= 0.3 is 5.97 Å². The molecule has 1 saturated heterocycles. The van der Waals surface area contributed by atoms with Gasteiger partial charge in [0.05, 0.1) is 6.10 Å². The maximum absolute atomic E-state index is 14.9. The predicted molar refractivity (Wildman–Crippen MR) is 305 cm³/mol. The van der Waals surface area contributed by atoms with Crippen molar-refractivity contribution in [1.82, 2.24) is 10.2 Å². The Balaban J connectivity index is 0.906. The van der Waals surface area contributed by atoms with Crippen LogP contribution < -0.4 is 15.8 Å². The summed E-state index contributed by atoms with van der Waals surface area (Å²) in [5.74, 6) is 3.54. The molecule has 8 bridgehead atoms. The number of hydrogen-bond donors (Lipinski definition) is 4. The van der Waals surface area contributed by atoms with Crippen LogP contribution in [-0.4, -0.2) is 74.0 Å². The fourth-order valence-electron chi connectivity index (χ4n) is 17.4. The van der Waals surface area contributed by atoms with Gasteiger partial charge in [0.1, 0.15) is 16.1 Å². The normalized spacial score (nSPS) is 36.3. The predicted octanol–water partition coefficient (Wildman–Crippen LogP) is 12.8. The maximum Gasteiger partial charge on any atom is 0.303 e. The highest BCUT2D eigenvalue weighted by molar-refractivity contribution is 8.77. The standard InChI is InChI=1S/C64H84N4O6S2/c1-43(69)73-61-32-24-47(54(70)37-61)18-10-15-45(21-20-44-13-4-2-5-14-44)41-75-76-64(31-12-29-60(64)27-8-9-28-60)67-59(65)66-39-52-22-23-53(46-16-6-3-7-17-46)62(52)38-55(71)68(42-62)40-50-35-48(25-33-61)56-49-26-34-63(74-58(56)57(50)72)30-11-19-51(63)36-49/h2-7,13-14,16-17,26,34-35,45,47,49,51-54,70,72H,8-12,15,18-25,27-33,36-42H2,1H3,(H3,65,66,67)/t45-,47-,49+,51-,52-,53+,54+,61+,62+,63-,64+/m0/s1. The summed E-state index contributed by atoms with van der Waals surface area (Å²) in [5.41, 5.74) is 11.2. The number of carbonyl (C=O) groups excluding carboxylic acids is 2. The molecule has 14 rings (SSSR count). The number of nitrogens with zero attached hydrogens (tertiary/aromatic N) is 2. The van der Waals surface area contributed by atoms with Gasteiger partial charge in [0.15, 0.2) is 17.5 Å². The number of aliphatic hydroxyl groups is 1. The average Bonchev–Trinajstić information content (AvgIpc) is 4.42. The Morgan fingerprint density at radius 1 is 0.895 bits per heavy atom. The Hall–Kier alpha value is -4.13. The van der Waals surface area contributed by atoms with Gasteiger partial charge < -0.3 is 35.6 Å². The van der Waals surface area contributed by atoms with E-state index < -0.39 is 17.3 Å². The Kier molecular flexibility index (Phi) is 14.9. The van der Waals surface area contributed by atoms with E-state index in [2.05, 4.69) is 95.0 Å². The molecule has 0 unspecified atom stereocenters.